The van der Waals surface area contributed by atoms with Crippen LogP contribution < -0.4 is 4.84 Å². The van der Waals surface area contributed by atoms with Crippen molar-refractivity contribution in [1.29, 1.82) is 0 Å². The Morgan fingerprint density at radius 1 is 1.58 bits per heavy atom. The minimum Gasteiger partial charge on any atom is -0.319 e. The first kappa shape index (κ1) is 9.25. The van der Waals surface area contributed by atoms with Crippen molar-refractivity contribution >= 4 is 21.9 Å². The third-order valence-electron chi connectivity index (χ3n) is 1.38. The van der Waals surface area contributed by atoms with Crippen LogP contribution in [0.25, 0.3) is 0 Å². The molecule has 4 nitrogen and oxygen atoms in total. The van der Waals surface area contributed by atoms with E-state index in [1.54, 1.807) is 0 Å². The molecule has 0 N–H and O–H groups in total. The van der Waals surface area contributed by atoms with Gasteiger partial charge in [0.2, 0.25) is 0 Å². The van der Waals surface area contributed by atoms with E-state index in [9.17, 15) is 4.79 Å². The fourth-order valence-electron chi connectivity index (χ4n) is 0.812. The highest BCUT2D eigenvalue weighted by atomic mass is 79.9. The van der Waals surface area contributed by atoms with Gasteiger partial charge < -0.3 is 4.84 Å². The highest BCUT2D eigenvalue weighted by Crippen LogP contribution is 2.18. The predicted molar refractivity (Wildman–Crippen MR) is 46.7 cm³/mol. The van der Waals surface area contributed by atoms with Gasteiger partial charge in [0.25, 0.3) is 0 Å². The van der Waals surface area contributed by atoms with E-state index in [0.29, 0.717) is 0 Å². The molecule has 0 unspecified atom stereocenters. The lowest BCUT2D eigenvalue weighted by Crippen LogP contribution is -2.19. The van der Waals surface area contributed by atoms with Crippen molar-refractivity contribution in [3.63, 3.8) is 0 Å². The number of aromatic nitrogens is 2. The summed E-state index contributed by atoms with van der Waals surface area (Å²) in [6.45, 7) is 4.98. The van der Waals surface area contributed by atoms with Crippen molar-refractivity contribution in [1.82, 2.24) is 9.94 Å². The number of nitrogens with zero attached hydrogens (tertiary/aromatic N) is 2. The summed E-state index contributed by atoms with van der Waals surface area (Å²) in [6, 6.07) is 0. The summed E-state index contributed by atoms with van der Waals surface area (Å²) in [5, 5.41) is 3.98. The summed E-state index contributed by atoms with van der Waals surface area (Å²) in [6.07, 6.45) is 0. The van der Waals surface area contributed by atoms with Crippen LogP contribution in [0.4, 0.5) is 0 Å². The molecule has 12 heavy (non-hydrogen) atoms. The third-order valence-corrected chi connectivity index (χ3v) is 2.53. The molecule has 0 saturated carbocycles. The summed E-state index contributed by atoms with van der Waals surface area (Å²) < 4.78 is 0.865. The Balaban J connectivity index is 3.01. The summed E-state index contributed by atoms with van der Waals surface area (Å²) >= 11 is 3.32. The van der Waals surface area contributed by atoms with E-state index in [0.717, 1.165) is 15.9 Å². The van der Waals surface area contributed by atoms with Crippen molar-refractivity contribution in [2.75, 3.05) is 0 Å². The molecule has 0 atom stereocenters. The van der Waals surface area contributed by atoms with Crippen LogP contribution in [0.15, 0.2) is 4.47 Å². The molecule has 0 saturated heterocycles. The van der Waals surface area contributed by atoms with E-state index in [1.165, 1.54) is 11.8 Å². The van der Waals surface area contributed by atoms with E-state index in [4.69, 9.17) is 4.84 Å². The number of rotatable bonds is 1. The summed E-state index contributed by atoms with van der Waals surface area (Å²) in [7, 11) is 0. The Morgan fingerprint density at radius 2 is 2.17 bits per heavy atom. The number of hydrogen-bond donors (Lipinski definition) is 0. The largest absolute Gasteiger partial charge is 0.331 e. The average molecular weight is 233 g/mol. The summed E-state index contributed by atoms with van der Waals surface area (Å²) in [4.78, 5) is 16.6. The molecule has 1 aromatic rings. The molecule has 5 heteroatoms. The first-order valence-electron chi connectivity index (χ1n) is 3.43. The van der Waals surface area contributed by atoms with Crippen LogP contribution in [0.3, 0.4) is 0 Å². The number of aryl methyl sites for hydroxylation is 1. The maximum Gasteiger partial charge on any atom is 0.331 e. The number of carbonyl (C=O) groups is 1. The van der Waals surface area contributed by atoms with Crippen molar-refractivity contribution in [2.45, 2.75) is 20.8 Å². The Bertz CT molecular complexity index is 319. The standard InChI is InChI=1S/C7H9BrN2O2/c1-4-7(8)5(2)10(9-4)12-6(3)11/h1-3H3. The van der Waals surface area contributed by atoms with Gasteiger partial charge in [-0.2, -0.15) is 0 Å². The molecule has 0 amide bonds. The lowest BCUT2D eigenvalue weighted by Gasteiger charge is -2.00. The monoisotopic (exact) mass is 232 g/mol. The maximum absolute atomic E-state index is 10.6. The van der Waals surface area contributed by atoms with Crippen LogP contribution in [0.1, 0.15) is 18.3 Å². The highest BCUT2D eigenvalue weighted by Gasteiger charge is 2.10. The van der Waals surface area contributed by atoms with Crippen LogP contribution in [-0.4, -0.2) is 15.9 Å². The predicted octanol–water partition coefficient (Wildman–Crippen LogP) is 1.24. The van der Waals surface area contributed by atoms with Crippen LogP contribution in [-0.2, 0) is 4.79 Å². The topological polar surface area (TPSA) is 44.1 Å². The zero-order chi connectivity index (χ0) is 9.30. The Labute approximate surface area is 78.6 Å². The molecule has 1 aromatic heterocycles. The second kappa shape index (κ2) is 3.26. The zero-order valence-corrected chi connectivity index (χ0v) is 8.67. The van der Waals surface area contributed by atoms with Crippen molar-refractivity contribution in [3.8, 4) is 0 Å². The molecule has 1 rings (SSSR count). The van der Waals surface area contributed by atoms with Gasteiger partial charge in [0.05, 0.1) is 15.9 Å². The van der Waals surface area contributed by atoms with Gasteiger partial charge in [0, 0.05) is 6.92 Å². The third kappa shape index (κ3) is 1.66. The van der Waals surface area contributed by atoms with E-state index >= 15 is 0 Å². The number of carbonyl (C=O) groups excluding carboxylic acids is 1. The Morgan fingerprint density at radius 3 is 2.50 bits per heavy atom. The quantitative estimate of drug-likeness (QED) is 0.732. The SMILES string of the molecule is CC(=O)On1nc(C)c(Br)c1C. The fraction of sp³-hybridized carbons (Fsp3) is 0.429. The average Bonchev–Trinajstić information content (AvgIpc) is 2.17. The van der Waals surface area contributed by atoms with Crippen LogP contribution >= 0.6 is 15.9 Å². The maximum atomic E-state index is 10.6. The molecule has 66 valence electrons. The Hall–Kier alpha value is -0.840. The molecule has 0 aromatic carbocycles. The second-order valence-corrected chi connectivity index (χ2v) is 3.23. The number of hydrogen-bond acceptors (Lipinski definition) is 3. The second-order valence-electron chi connectivity index (χ2n) is 2.44. The molecular weight excluding hydrogens is 224 g/mol. The Kier molecular flexibility index (Phi) is 2.52. The first-order valence-corrected chi connectivity index (χ1v) is 4.22. The van der Waals surface area contributed by atoms with E-state index in [1.807, 2.05) is 13.8 Å². The van der Waals surface area contributed by atoms with Gasteiger partial charge in [-0.25, -0.2) is 4.79 Å². The fourth-order valence-corrected chi connectivity index (χ4v) is 1.04. The van der Waals surface area contributed by atoms with Gasteiger partial charge in [-0.15, -0.1) is 5.10 Å². The minimum absolute atomic E-state index is 0.381. The van der Waals surface area contributed by atoms with E-state index in [-0.39, 0.29) is 5.97 Å². The van der Waals surface area contributed by atoms with Crippen molar-refractivity contribution in [2.24, 2.45) is 0 Å². The minimum atomic E-state index is -0.381. The molecule has 0 aliphatic heterocycles. The van der Waals surface area contributed by atoms with Crippen molar-refractivity contribution < 1.29 is 9.63 Å². The molecular formula is C7H9BrN2O2. The zero-order valence-electron chi connectivity index (χ0n) is 7.09. The molecule has 0 spiro atoms. The van der Waals surface area contributed by atoms with Crippen molar-refractivity contribution in [3.05, 3.63) is 15.9 Å². The molecule has 0 radical (unpaired) electrons. The van der Waals surface area contributed by atoms with Gasteiger partial charge in [0.15, 0.2) is 0 Å². The van der Waals surface area contributed by atoms with Crippen LogP contribution in [0.2, 0.25) is 0 Å². The van der Waals surface area contributed by atoms with Crippen LogP contribution in [0, 0.1) is 13.8 Å². The summed E-state index contributed by atoms with van der Waals surface area (Å²) in [5.41, 5.74) is 1.58. The van der Waals surface area contributed by atoms with Gasteiger partial charge in [0.1, 0.15) is 0 Å². The summed E-state index contributed by atoms with van der Waals surface area (Å²) in [5.74, 6) is -0.381. The van der Waals surface area contributed by atoms with Gasteiger partial charge in [-0.3, -0.25) is 0 Å². The van der Waals surface area contributed by atoms with Gasteiger partial charge in [-0.1, -0.05) is 4.85 Å². The molecule has 0 aliphatic rings. The molecule has 0 bridgehead atoms. The van der Waals surface area contributed by atoms with Crippen LogP contribution in [0.5, 0.6) is 0 Å². The first-order chi connectivity index (χ1) is 5.52. The van der Waals surface area contributed by atoms with Gasteiger partial charge in [-0.05, 0) is 29.8 Å². The lowest BCUT2D eigenvalue weighted by atomic mass is 10.4. The molecule has 0 fully saturated rings. The lowest BCUT2D eigenvalue weighted by molar-refractivity contribution is -0.143. The van der Waals surface area contributed by atoms with E-state index < -0.39 is 0 Å². The normalized spacial score (nSPS) is 10.0. The highest BCUT2D eigenvalue weighted by molar-refractivity contribution is 9.10. The molecule has 0 aliphatic carbocycles. The smallest absolute Gasteiger partial charge is 0.319 e. The van der Waals surface area contributed by atoms with E-state index in [2.05, 4.69) is 21.0 Å². The van der Waals surface area contributed by atoms with Gasteiger partial charge >= 0.3 is 5.97 Å². The number of halogens is 1. The molecule has 1 heterocycles.